The Morgan fingerprint density at radius 2 is 2.04 bits per heavy atom. The smallest absolute Gasteiger partial charge is 0.274 e. The van der Waals surface area contributed by atoms with Gasteiger partial charge in [-0.25, -0.2) is 9.36 Å². The molecule has 3 aromatic rings. The van der Waals surface area contributed by atoms with Gasteiger partial charge in [0.25, 0.3) is 5.91 Å². The first-order chi connectivity index (χ1) is 13.6. The van der Waals surface area contributed by atoms with Crippen LogP contribution in [0, 0.1) is 6.92 Å². The van der Waals surface area contributed by atoms with Crippen LogP contribution in [0.4, 0.5) is 0 Å². The molecule has 0 bridgehead atoms. The third-order valence-corrected chi connectivity index (χ3v) is 5.30. The van der Waals surface area contributed by atoms with Gasteiger partial charge in [0.05, 0.1) is 23.5 Å². The first-order valence-electron chi connectivity index (χ1n) is 9.67. The van der Waals surface area contributed by atoms with E-state index in [1.807, 2.05) is 55.1 Å². The van der Waals surface area contributed by atoms with Crippen molar-refractivity contribution in [2.24, 2.45) is 0 Å². The van der Waals surface area contributed by atoms with E-state index in [-0.39, 0.29) is 11.9 Å². The molecule has 4 rings (SSSR count). The number of amides is 1. The van der Waals surface area contributed by atoms with Crippen LogP contribution in [0.3, 0.4) is 0 Å². The Kier molecular flexibility index (Phi) is 5.21. The lowest BCUT2D eigenvalue weighted by Gasteiger charge is -2.23. The van der Waals surface area contributed by atoms with Crippen LogP contribution in [-0.2, 0) is 0 Å². The fraction of sp³-hybridized carbons (Fsp3) is 0.400. The van der Waals surface area contributed by atoms with Gasteiger partial charge >= 0.3 is 0 Å². The number of carbonyl (C=O) groups is 1. The minimum absolute atomic E-state index is 0.198. The molecule has 2 N–H and O–H groups in total. The van der Waals surface area contributed by atoms with Gasteiger partial charge in [-0.15, -0.1) is 5.10 Å². The highest BCUT2D eigenvalue weighted by molar-refractivity contribution is 5.93. The Bertz CT molecular complexity index is 941. The normalized spacial score (nSPS) is 16.1. The minimum atomic E-state index is -0.208. The number of para-hydroxylation sites is 1. The van der Waals surface area contributed by atoms with Crippen molar-refractivity contribution in [3.63, 3.8) is 0 Å². The van der Waals surface area contributed by atoms with Crippen molar-refractivity contribution in [1.82, 2.24) is 35.4 Å². The van der Waals surface area contributed by atoms with Crippen LogP contribution in [-0.4, -0.2) is 43.8 Å². The molecule has 0 spiro atoms. The van der Waals surface area contributed by atoms with Crippen molar-refractivity contribution in [3.8, 4) is 5.69 Å². The summed E-state index contributed by atoms with van der Waals surface area (Å²) in [5, 5.41) is 19.2. The highest BCUT2D eigenvalue weighted by Crippen LogP contribution is 2.23. The van der Waals surface area contributed by atoms with Crippen molar-refractivity contribution in [1.29, 1.82) is 0 Å². The Morgan fingerprint density at radius 3 is 2.79 bits per heavy atom. The predicted molar refractivity (Wildman–Crippen MR) is 105 cm³/mol. The van der Waals surface area contributed by atoms with Gasteiger partial charge in [0.1, 0.15) is 0 Å². The quantitative estimate of drug-likeness (QED) is 0.709. The molecule has 0 radical (unpaired) electrons. The average Bonchev–Trinajstić information content (AvgIpc) is 3.38. The number of carbonyl (C=O) groups excluding carboxylic acids is 1. The molecule has 1 amide bonds. The molecule has 1 saturated heterocycles. The molecule has 146 valence electrons. The van der Waals surface area contributed by atoms with Crippen molar-refractivity contribution in [2.45, 2.75) is 38.8 Å². The number of benzene rings is 1. The zero-order chi connectivity index (χ0) is 19.5. The van der Waals surface area contributed by atoms with E-state index in [1.54, 1.807) is 10.9 Å². The standard InChI is InChI=1S/C20H25N7O/c1-14(17-6-3-4-7-18(17)26-13-5-10-22-26)23-20(28)19-15(2)27(25-24-19)16-8-11-21-12-9-16/h3-7,10,13-14,16,21H,8-9,11-12H2,1-2H3,(H,23,28). The molecule has 2 aromatic heterocycles. The predicted octanol–water partition coefficient (Wildman–Crippen LogP) is 2.19. The minimum Gasteiger partial charge on any atom is -0.344 e. The zero-order valence-electron chi connectivity index (χ0n) is 16.2. The Balaban J connectivity index is 1.53. The number of nitrogens with zero attached hydrogens (tertiary/aromatic N) is 5. The summed E-state index contributed by atoms with van der Waals surface area (Å²) < 4.78 is 3.70. The summed E-state index contributed by atoms with van der Waals surface area (Å²) in [6.07, 6.45) is 5.63. The monoisotopic (exact) mass is 379 g/mol. The summed E-state index contributed by atoms with van der Waals surface area (Å²) in [5.74, 6) is -0.208. The third-order valence-electron chi connectivity index (χ3n) is 5.30. The molecule has 1 fully saturated rings. The third kappa shape index (κ3) is 3.55. The van der Waals surface area contributed by atoms with Gasteiger partial charge in [0.15, 0.2) is 5.69 Å². The maximum atomic E-state index is 12.9. The summed E-state index contributed by atoms with van der Waals surface area (Å²) in [6, 6.07) is 9.89. The highest BCUT2D eigenvalue weighted by atomic mass is 16.2. The van der Waals surface area contributed by atoms with Crippen molar-refractivity contribution in [3.05, 3.63) is 59.7 Å². The largest absolute Gasteiger partial charge is 0.344 e. The van der Waals surface area contributed by atoms with E-state index in [4.69, 9.17) is 0 Å². The second-order valence-electron chi connectivity index (χ2n) is 7.15. The maximum Gasteiger partial charge on any atom is 0.274 e. The molecule has 28 heavy (non-hydrogen) atoms. The Hall–Kier alpha value is -3.00. The second-order valence-corrected chi connectivity index (χ2v) is 7.15. The van der Waals surface area contributed by atoms with Crippen molar-refractivity contribution < 1.29 is 4.79 Å². The Morgan fingerprint density at radius 1 is 1.25 bits per heavy atom. The number of hydrogen-bond acceptors (Lipinski definition) is 5. The van der Waals surface area contributed by atoms with Gasteiger partial charge in [-0.05, 0) is 57.5 Å². The van der Waals surface area contributed by atoms with Gasteiger partial charge in [0, 0.05) is 12.4 Å². The zero-order valence-corrected chi connectivity index (χ0v) is 16.2. The molecule has 0 aliphatic carbocycles. The molecule has 1 aromatic carbocycles. The number of aromatic nitrogens is 5. The summed E-state index contributed by atoms with van der Waals surface area (Å²) in [6.45, 7) is 5.81. The van der Waals surface area contributed by atoms with E-state index in [1.165, 1.54) is 0 Å². The van der Waals surface area contributed by atoms with Crippen molar-refractivity contribution in [2.75, 3.05) is 13.1 Å². The maximum absolute atomic E-state index is 12.9. The molecule has 1 aliphatic heterocycles. The van der Waals surface area contributed by atoms with E-state index < -0.39 is 0 Å². The lowest BCUT2D eigenvalue weighted by atomic mass is 10.1. The SMILES string of the molecule is Cc1c(C(=O)NC(C)c2ccccc2-n2cccn2)nnn1C1CCNCC1. The summed E-state index contributed by atoms with van der Waals surface area (Å²) in [7, 11) is 0. The first kappa shape index (κ1) is 18.4. The fourth-order valence-corrected chi connectivity index (χ4v) is 3.77. The lowest BCUT2D eigenvalue weighted by Crippen LogP contribution is -2.31. The van der Waals surface area contributed by atoms with Gasteiger partial charge < -0.3 is 10.6 Å². The van der Waals surface area contributed by atoms with Crippen LogP contribution in [0.15, 0.2) is 42.7 Å². The molecule has 8 nitrogen and oxygen atoms in total. The fourth-order valence-electron chi connectivity index (χ4n) is 3.77. The molecule has 3 heterocycles. The second kappa shape index (κ2) is 7.93. The molecule has 8 heteroatoms. The van der Waals surface area contributed by atoms with Gasteiger partial charge in [-0.2, -0.15) is 5.10 Å². The molecule has 1 unspecified atom stereocenters. The molecule has 1 atom stereocenters. The van der Waals surface area contributed by atoms with E-state index >= 15 is 0 Å². The summed E-state index contributed by atoms with van der Waals surface area (Å²) in [4.78, 5) is 12.9. The van der Waals surface area contributed by atoms with Crippen LogP contribution < -0.4 is 10.6 Å². The van der Waals surface area contributed by atoms with E-state index in [0.717, 1.165) is 42.9 Å². The molecule has 0 saturated carbocycles. The molecule has 1 aliphatic rings. The van der Waals surface area contributed by atoms with E-state index in [0.29, 0.717) is 11.7 Å². The van der Waals surface area contributed by atoms with E-state index in [2.05, 4.69) is 26.0 Å². The first-order valence-corrected chi connectivity index (χ1v) is 9.67. The highest BCUT2D eigenvalue weighted by Gasteiger charge is 2.24. The van der Waals surface area contributed by atoms with E-state index in [9.17, 15) is 4.79 Å². The number of rotatable bonds is 5. The van der Waals surface area contributed by atoms with Crippen LogP contribution in [0.2, 0.25) is 0 Å². The van der Waals surface area contributed by atoms with Crippen LogP contribution in [0.5, 0.6) is 0 Å². The summed E-state index contributed by atoms with van der Waals surface area (Å²) >= 11 is 0. The van der Waals surface area contributed by atoms with Crippen LogP contribution in [0.25, 0.3) is 5.69 Å². The molecular weight excluding hydrogens is 354 g/mol. The van der Waals surface area contributed by atoms with Crippen LogP contribution >= 0.6 is 0 Å². The lowest BCUT2D eigenvalue weighted by molar-refractivity contribution is 0.0934. The van der Waals surface area contributed by atoms with Gasteiger partial charge in [-0.1, -0.05) is 23.4 Å². The van der Waals surface area contributed by atoms with Crippen LogP contribution in [0.1, 0.15) is 53.6 Å². The molecular formula is C20H25N7O. The number of hydrogen-bond donors (Lipinski definition) is 2. The number of nitrogens with one attached hydrogen (secondary N) is 2. The van der Waals surface area contributed by atoms with Crippen molar-refractivity contribution >= 4 is 5.91 Å². The van der Waals surface area contributed by atoms with Gasteiger partial charge in [-0.3, -0.25) is 4.79 Å². The Labute approximate surface area is 163 Å². The average molecular weight is 379 g/mol. The topological polar surface area (TPSA) is 89.7 Å². The number of piperidine rings is 1. The summed E-state index contributed by atoms with van der Waals surface area (Å²) in [5.41, 5.74) is 3.14. The van der Waals surface area contributed by atoms with Gasteiger partial charge in [0.2, 0.25) is 0 Å².